The summed E-state index contributed by atoms with van der Waals surface area (Å²) in [6.07, 6.45) is -1.18. The summed E-state index contributed by atoms with van der Waals surface area (Å²) < 4.78 is 58.9. The van der Waals surface area contributed by atoms with Gasteiger partial charge in [-0.2, -0.15) is 8.78 Å². The molecule has 2 atom stereocenters. The molecule has 2 aromatic carbocycles. The molecule has 0 spiro atoms. The third kappa shape index (κ3) is 8.83. The van der Waals surface area contributed by atoms with Crippen LogP contribution in [0.15, 0.2) is 30.3 Å². The van der Waals surface area contributed by atoms with Gasteiger partial charge in [0.05, 0.1) is 0 Å². The minimum absolute atomic E-state index is 0.0674. The van der Waals surface area contributed by atoms with E-state index in [1.54, 1.807) is 24.3 Å². The number of nitrogens with one attached hydrogen (secondary N) is 2. The van der Waals surface area contributed by atoms with Gasteiger partial charge in [0.1, 0.15) is 18.6 Å². The second-order valence-electron chi connectivity index (χ2n) is 9.91. The SMILES string of the molecule is CC(C(=O)ONC(CCC(=O)O)C(=O)COc1c(F)c(F)cc(F)c1F)C(=O)C(=O)Nc1ccccc1C(C)(C)C. The van der Waals surface area contributed by atoms with Gasteiger partial charge < -0.3 is 20.0 Å². The fraction of sp³-hybridized carbons (Fsp3) is 0.370. The number of carboxylic acids is 1. The normalized spacial score (nSPS) is 12.7. The number of ketones is 2. The van der Waals surface area contributed by atoms with Crippen molar-refractivity contribution in [2.24, 2.45) is 5.92 Å². The quantitative estimate of drug-likeness (QED) is 0.106. The largest absolute Gasteiger partial charge is 0.481 e. The first-order valence-electron chi connectivity index (χ1n) is 12.2. The van der Waals surface area contributed by atoms with Crippen molar-refractivity contribution >= 4 is 35.1 Å². The number of halogens is 4. The molecule has 0 aliphatic heterocycles. The number of rotatable bonds is 13. The Hall–Kier alpha value is -4.33. The standard InChI is InChI=1S/C27H28F4N2O8/c1-13(23(37)25(38)32-17-8-6-5-7-14(17)27(2,3)4)26(39)41-33-18(9-10-20(35)36)19(34)12-40-24-21(30)15(28)11-16(29)22(24)31/h5-8,11,13,18,33H,9-10,12H2,1-4H3,(H,32,38)(H,35,36). The summed E-state index contributed by atoms with van der Waals surface area (Å²) in [5.74, 6) is -16.7. The van der Waals surface area contributed by atoms with Gasteiger partial charge in [0.15, 0.2) is 23.2 Å². The monoisotopic (exact) mass is 584 g/mol. The summed E-state index contributed by atoms with van der Waals surface area (Å²) in [6, 6.07) is 5.01. The zero-order valence-corrected chi connectivity index (χ0v) is 22.5. The van der Waals surface area contributed by atoms with Crippen LogP contribution in [-0.2, 0) is 34.2 Å². The molecule has 3 N–H and O–H groups in total. The Morgan fingerprint density at radius 2 is 1.56 bits per heavy atom. The molecule has 0 aromatic heterocycles. The topological polar surface area (TPSA) is 148 Å². The molecule has 0 fully saturated rings. The Morgan fingerprint density at radius 3 is 2.12 bits per heavy atom. The number of para-hydroxylation sites is 1. The minimum Gasteiger partial charge on any atom is -0.481 e. The van der Waals surface area contributed by atoms with Crippen molar-refractivity contribution in [2.75, 3.05) is 11.9 Å². The molecule has 2 aromatic rings. The first kappa shape index (κ1) is 32.9. The molecular weight excluding hydrogens is 556 g/mol. The summed E-state index contributed by atoms with van der Waals surface area (Å²) in [5.41, 5.74) is 2.64. The lowest BCUT2D eigenvalue weighted by Gasteiger charge is -2.23. The van der Waals surface area contributed by atoms with E-state index in [2.05, 4.69) is 10.1 Å². The van der Waals surface area contributed by atoms with Crippen LogP contribution in [0.25, 0.3) is 0 Å². The number of amides is 1. The summed E-state index contributed by atoms with van der Waals surface area (Å²) >= 11 is 0. The highest BCUT2D eigenvalue weighted by Gasteiger charge is 2.32. The Morgan fingerprint density at radius 1 is 0.976 bits per heavy atom. The van der Waals surface area contributed by atoms with Crippen molar-refractivity contribution in [3.8, 4) is 5.75 Å². The van der Waals surface area contributed by atoms with Gasteiger partial charge in [0.2, 0.25) is 17.4 Å². The summed E-state index contributed by atoms with van der Waals surface area (Å²) in [6.45, 7) is 5.52. The third-order valence-corrected chi connectivity index (χ3v) is 5.72. The van der Waals surface area contributed by atoms with Crippen molar-refractivity contribution in [1.29, 1.82) is 0 Å². The molecule has 0 bridgehead atoms. The van der Waals surface area contributed by atoms with Gasteiger partial charge in [0.25, 0.3) is 5.91 Å². The number of ether oxygens (including phenoxy) is 1. The van der Waals surface area contributed by atoms with Crippen LogP contribution >= 0.6 is 0 Å². The second kappa shape index (κ2) is 13.8. The van der Waals surface area contributed by atoms with Crippen LogP contribution in [0.3, 0.4) is 0 Å². The van der Waals surface area contributed by atoms with Gasteiger partial charge in [0, 0.05) is 18.2 Å². The number of hydrogen-bond acceptors (Lipinski definition) is 8. The fourth-order valence-corrected chi connectivity index (χ4v) is 3.43. The van der Waals surface area contributed by atoms with E-state index >= 15 is 0 Å². The molecule has 41 heavy (non-hydrogen) atoms. The summed E-state index contributed by atoms with van der Waals surface area (Å²) in [7, 11) is 0. The zero-order valence-electron chi connectivity index (χ0n) is 22.5. The van der Waals surface area contributed by atoms with Crippen molar-refractivity contribution in [2.45, 2.75) is 52.0 Å². The van der Waals surface area contributed by atoms with Crippen LogP contribution in [0.1, 0.15) is 46.1 Å². The maximum absolute atomic E-state index is 13.8. The van der Waals surface area contributed by atoms with Crippen LogP contribution in [0, 0.1) is 29.2 Å². The van der Waals surface area contributed by atoms with Crippen molar-refractivity contribution in [3.63, 3.8) is 0 Å². The highest BCUT2D eigenvalue weighted by Crippen LogP contribution is 2.29. The highest BCUT2D eigenvalue weighted by molar-refractivity contribution is 6.44. The number of hydroxylamine groups is 1. The van der Waals surface area contributed by atoms with E-state index in [1.807, 2.05) is 26.3 Å². The number of hydrogen-bond donors (Lipinski definition) is 3. The molecule has 1 amide bonds. The third-order valence-electron chi connectivity index (χ3n) is 5.72. The van der Waals surface area contributed by atoms with Gasteiger partial charge in [-0.1, -0.05) is 39.0 Å². The van der Waals surface area contributed by atoms with Gasteiger partial charge in [-0.05, 0) is 30.4 Å². The second-order valence-corrected chi connectivity index (χ2v) is 9.91. The van der Waals surface area contributed by atoms with Gasteiger partial charge in [-0.15, -0.1) is 5.48 Å². The van der Waals surface area contributed by atoms with E-state index in [-0.39, 0.29) is 11.5 Å². The molecule has 0 aliphatic carbocycles. The maximum Gasteiger partial charge on any atom is 0.335 e. The number of carbonyl (C=O) groups is 5. The van der Waals surface area contributed by atoms with Crippen LogP contribution in [0.4, 0.5) is 23.2 Å². The first-order chi connectivity index (χ1) is 19.0. The Bertz CT molecular complexity index is 1320. The first-order valence-corrected chi connectivity index (χ1v) is 12.2. The lowest BCUT2D eigenvalue weighted by atomic mass is 9.86. The lowest BCUT2D eigenvalue weighted by Crippen LogP contribution is -2.43. The Balaban J connectivity index is 2.07. The fourth-order valence-electron chi connectivity index (χ4n) is 3.43. The zero-order chi connectivity index (χ0) is 31.1. The molecule has 0 radical (unpaired) electrons. The summed E-state index contributed by atoms with van der Waals surface area (Å²) in [4.78, 5) is 65.8. The highest BCUT2D eigenvalue weighted by atomic mass is 19.2. The molecular formula is C27H28F4N2O8. The maximum atomic E-state index is 13.8. The van der Waals surface area contributed by atoms with Crippen LogP contribution in [0.2, 0.25) is 0 Å². The number of carboxylic acid groups (broad SMARTS) is 1. The molecule has 2 unspecified atom stereocenters. The molecule has 0 aliphatic rings. The lowest BCUT2D eigenvalue weighted by molar-refractivity contribution is -0.162. The minimum atomic E-state index is -1.91. The number of anilines is 1. The van der Waals surface area contributed by atoms with Gasteiger partial charge in [-0.3, -0.25) is 19.2 Å². The van der Waals surface area contributed by atoms with Gasteiger partial charge in [-0.25, -0.2) is 13.6 Å². The molecule has 14 heteroatoms. The van der Waals surface area contributed by atoms with Crippen molar-refractivity contribution < 1.29 is 56.2 Å². The molecule has 222 valence electrons. The molecule has 0 saturated carbocycles. The van der Waals surface area contributed by atoms with E-state index in [4.69, 9.17) is 9.94 Å². The van der Waals surface area contributed by atoms with Crippen molar-refractivity contribution in [3.05, 3.63) is 59.2 Å². The predicted octanol–water partition coefficient (Wildman–Crippen LogP) is 3.61. The average molecular weight is 585 g/mol. The number of carbonyl (C=O) groups excluding carboxylic acids is 4. The number of benzene rings is 2. The molecule has 0 heterocycles. The molecule has 2 rings (SSSR count). The number of Topliss-reactive ketones (excluding diaryl/α,β-unsaturated/α-hetero) is 2. The van der Waals surface area contributed by atoms with E-state index in [9.17, 15) is 41.5 Å². The van der Waals surface area contributed by atoms with Crippen molar-refractivity contribution in [1.82, 2.24) is 5.48 Å². The summed E-state index contributed by atoms with van der Waals surface area (Å²) in [5, 5.41) is 11.4. The van der Waals surface area contributed by atoms with E-state index in [0.29, 0.717) is 5.69 Å². The average Bonchev–Trinajstić information content (AvgIpc) is 2.90. The Kier molecular flexibility index (Phi) is 11.1. The van der Waals surface area contributed by atoms with E-state index in [1.165, 1.54) is 0 Å². The van der Waals surface area contributed by atoms with E-state index in [0.717, 1.165) is 12.5 Å². The Labute approximate surface area is 232 Å². The van der Waals surface area contributed by atoms with Crippen LogP contribution < -0.4 is 15.5 Å². The molecule has 0 saturated heterocycles. The predicted molar refractivity (Wildman–Crippen MR) is 135 cm³/mol. The van der Waals surface area contributed by atoms with Crippen LogP contribution in [0.5, 0.6) is 5.75 Å². The smallest absolute Gasteiger partial charge is 0.335 e. The van der Waals surface area contributed by atoms with Crippen LogP contribution in [-0.4, -0.2) is 47.2 Å². The molecule has 10 nitrogen and oxygen atoms in total. The number of aliphatic carboxylic acids is 1. The van der Waals surface area contributed by atoms with E-state index < -0.39 is 89.8 Å². The van der Waals surface area contributed by atoms with Gasteiger partial charge >= 0.3 is 11.9 Å².